The number of ketones is 1. The van der Waals surface area contributed by atoms with Crippen molar-refractivity contribution < 1.29 is 43.2 Å². The van der Waals surface area contributed by atoms with Gasteiger partial charge in [-0.3, -0.25) is 4.79 Å². The molecule has 7 heteroatoms. The summed E-state index contributed by atoms with van der Waals surface area (Å²) in [6, 6.07) is 6.78. The summed E-state index contributed by atoms with van der Waals surface area (Å²) in [6.45, 7) is 7.30. The van der Waals surface area contributed by atoms with E-state index in [4.69, 9.17) is 9.94 Å². The number of carbonyl (C=O) groups excluding carboxylic acids is 1. The average Bonchev–Trinajstić information content (AvgIpc) is 2.58. The summed E-state index contributed by atoms with van der Waals surface area (Å²) >= 11 is 1.30. The fourth-order valence-corrected chi connectivity index (χ4v) is 2.94. The number of nitrogens with zero attached hydrogens (tertiary/aromatic N) is 2. The second kappa shape index (κ2) is 10.9. The van der Waals surface area contributed by atoms with Gasteiger partial charge in [-0.15, -0.1) is 0 Å². The van der Waals surface area contributed by atoms with E-state index in [0.717, 1.165) is 29.9 Å². The third kappa shape index (κ3) is 6.68. The van der Waals surface area contributed by atoms with Gasteiger partial charge in [-0.25, -0.2) is 0 Å². The summed E-state index contributed by atoms with van der Waals surface area (Å²) in [5.74, 6) is 1.16. The Morgan fingerprint density at radius 1 is 1.26 bits per heavy atom. The van der Waals surface area contributed by atoms with Crippen molar-refractivity contribution in [3.63, 3.8) is 0 Å². The fourth-order valence-electron chi connectivity index (χ4n) is 1.91. The molecule has 1 aromatic carbocycles. The lowest BCUT2D eigenvalue weighted by Crippen LogP contribution is -3.00. The molecule has 1 N–H and O–H groups in total. The second-order valence-electron chi connectivity index (χ2n) is 5.29. The lowest BCUT2D eigenvalue weighted by Gasteiger charge is -2.31. The molecular weight excluding hydrogens is 427 g/mol. The molecule has 1 aromatic rings. The van der Waals surface area contributed by atoms with Gasteiger partial charge in [-0.1, -0.05) is 16.9 Å². The smallest absolute Gasteiger partial charge is 0.221 e. The van der Waals surface area contributed by atoms with Crippen LogP contribution in [0.1, 0.15) is 24.2 Å². The van der Waals surface area contributed by atoms with Crippen LogP contribution in [0.25, 0.3) is 0 Å². The summed E-state index contributed by atoms with van der Waals surface area (Å²) < 4.78 is 6.00. The summed E-state index contributed by atoms with van der Waals surface area (Å²) in [5, 5.41) is 12.4. The van der Waals surface area contributed by atoms with Crippen LogP contribution in [-0.4, -0.2) is 60.1 Å². The third-order valence-corrected chi connectivity index (χ3v) is 4.96. The van der Waals surface area contributed by atoms with Crippen LogP contribution in [0, 0.1) is 0 Å². The SMILES string of the molecule is CC[N+](C)(CC)CCS/C(=N\O)C(=O)c1ccc(OC)cc1.[I-]. The van der Waals surface area contributed by atoms with Gasteiger partial charge in [-0.05, 0) is 38.1 Å². The zero-order valence-electron chi connectivity index (χ0n) is 14.1. The van der Waals surface area contributed by atoms with Gasteiger partial charge in [0.05, 0.1) is 33.8 Å². The van der Waals surface area contributed by atoms with Crippen molar-refractivity contribution in [1.82, 2.24) is 0 Å². The first-order valence-electron chi connectivity index (χ1n) is 7.36. The number of oxime groups is 1. The second-order valence-corrected chi connectivity index (χ2v) is 6.37. The van der Waals surface area contributed by atoms with Gasteiger partial charge >= 0.3 is 0 Å². The number of carbonyl (C=O) groups is 1. The minimum Gasteiger partial charge on any atom is -1.00 e. The van der Waals surface area contributed by atoms with Gasteiger partial charge < -0.3 is 38.4 Å². The molecule has 0 aliphatic rings. The maximum absolute atomic E-state index is 12.3. The summed E-state index contributed by atoms with van der Waals surface area (Å²) in [4.78, 5) is 12.3. The van der Waals surface area contributed by atoms with E-state index >= 15 is 0 Å². The molecule has 0 fully saturated rings. The number of quaternary nitrogens is 1. The Labute approximate surface area is 159 Å². The Morgan fingerprint density at radius 2 is 1.83 bits per heavy atom. The molecule has 0 saturated heterocycles. The lowest BCUT2D eigenvalue weighted by atomic mass is 10.1. The van der Waals surface area contributed by atoms with E-state index in [2.05, 4.69) is 26.1 Å². The minimum atomic E-state index is -0.266. The van der Waals surface area contributed by atoms with Crippen LogP contribution in [0.3, 0.4) is 0 Å². The van der Waals surface area contributed by atoms with E-state index in [0.29, 0.717) is 11.3 Å². The normalized spacial score (nSPS) is 11.7. The summed E-state index contributed by atoms with van der Waals surface area (Å²) in [5.41, 5.74) is 0.490. The predicted molar refractivity (Wildman–Crippen MR) is 91.1 cm³/mol. The van der Waals surface area contributed by atoms with Gasteiger partial charge in [0.1, 0.15) is 5.75 Å². The molecule has 0 radical (unpaired) electrons. The van der Waals surface area contributed by atoms with Gasteiger partial charge in [0.25, 0.3) is 0 Å². The van der Waals surface area contributed by atoms with Crippen molar-refractivity contribution in [3.05, 3.63) is 29.8 Å². The van der Waals surface area contributed by atoms with Crippen LogP contribution >= 0.6 is 11.8 Å². The van der Waals surface area contributed by atoms with Crippen LogP contribution in [0.15, 0.2) is 29.4 Å². The molecule has 0 bridgehead atoms. The number of thioether (sulfide) groups is 1. The van der Waals surface area contributed by atoms with E-state index in [-0.39, 0.29) is 34.8 Å². The van der Waals surface area contributed by atoms with Crippen molar-refractivity contribution >= 4 is 22.6 Å². The molecule has 5 nitrogen and oxygen atoms in total. The maximum atomic E-state index is 12.3. The Hall–Kier alpha value is -0.800. The highest BCUT2D eigenvalue weighted by molar-refractivity contribution is 8.15. The minimum absolute atomic E-state index is 0. The van der Waals surface area contributed by atoms with Crippen molar-refractivity contribution in [2.45, 2.75) is 13.8 Å². The number of methoxy groups -OCH3 is 1. The Balaban J connectivity index is 0.00000484. The Morgan fingerprint density at radius 3 is 2.26 bits per heavy atom. The number of hydrogen-bond donors (Lipinski definition) is 1. The highest BCUT2D eigenvalue weighted by Gasteiger charge is 2.20. The molecule has 0 unspecified atom stereocenters. The van der Waals surface area contributed by atoms with Crippen molar-refractivity contribution in [2.24, 2.45) is 5.16 Å². The maximum Gasteiger partial charge on any atom is 0.221 e. The van der Waals surface area contributed by atoms with Crippen LogP contribution < -0.4 is 28.7 Å². The topological polar surface area (TPSA) is 58.9 Å². The number of rotatable bonds is 8. The van der Waals surface area contributed by atoms with E-state index in [1.165, 1.54) is 11.8 Å². The summed E-state index contributed by atoms with van der Waals surface area (Å²) in [7, 11) is 3.76. The molecule has 0 amide bonds. The zero-order valence-corrected chi connectivity index (χ0v) is 17.1. The Kier molecular flexibility index (Phi) is 10.5. The first-order valence-corrected chi connectivity index (χ1v) is 8.35. The lowest BCUT2D eigenvalue weighted by molar-refractivity contribution is -0.903. The fraction of sp³-hybridized carbons (Fsp3) is 0.500. The van der Waals surface area contributed by atoms with E-state index in [1.807, 2.05) is 0 Å². The van der Waals surface area contributed by atoms with E-state index in [9.17, 15) is 4.79 Å². The van der Waals surface area contributed by atoms with Crippen LogP contribution in [0.2, 0.25) is 0 Å². The number of Topliss-reactive ketones (excluding diaryl/α,β-unsaturated/α-hetero) is 1. The molecule has 0 aliphatic carbocycles. The predicted octanol–water partition coefficient (Wildman–Crippen LogP) is -0.111. The van der Waals surface area contributed by atoms with Crippen LogP contribution in [-0.2, 0) is 0 Å². The highest BCUT2D eigenvalue weighted by Crippen LogP contribution is 2.16. The molecule has 0 atom stereocenters. The van der Waals surface area contributed by atoms with E-state index in [1.54, 1.807) is 31.4 Å². The van der Waals surface area contributed by atoms with E-state index < -0.39 is 0 Å². The molecule has 0 heterocycles. The highest BCUT2D eigenvalue weighted by atomic mass is 127. The number of benzene rings is 1. The first kappa shape index (κ1) is 22.2. The van der Waals surface area contributed by atoms with Crippen molar-refractivity contribution in [1.29, 1.82) is 0 Å². The largest absolute Gasteiger partial charge is 1.00 e. The summed E-state index contributed by atoms with van der Waals surface area (Å²) in [6.07, 6.45) is 0. The van der Waals surface area contributed by atoms with Crippen LogP contribution in [0.5, 0.6) is 5.75 Å². The molecule has 130 valence electrons. The van der Waals surface area contributed by atoms with Crippen molar-refractivity contribution in [2.75, 3.05) is 39.5 Å². The first-order chi connectivity index (χ1) is 10.5. The Bertz CT molecular complexity index is 517. The third-order valence-electron chi connectivity index (χ3n) is 4.03. The van der Waals surface area contributed by atoms with Gasteiger partial charge in [-0.2, -0.15) is 0 Å². The standard InChI is InChI=1S/C16H24N2O3S.HI/c1-5-18(3,6-2)11-12-22-16(17-20)15(19)13-7-9-14(21-4)10-8-13;/h7-10H,5-6,11-12H2,1-4H3;1H. The monoisotopic (exact) mass is 452 g/mol. The molecule has 0 saturated carbocycles. The number of halogens is 1. The van der Waals surface area contributed by atoms with Crippen LogP contribution in [0.4, 0.5) is 0 Å². The molecule has 0 aromatic heterocycles. The molecule has 23 heavy (non-hydrogen) atoms. The number of hydrogen-bond acceptors (Lipinski definition) is 5. The molecule has 1 rings (SSSR count). The van der Waals surface area contributed by atoms with Crippen molar-refractivity contribution in [3.8, 4) is 5.75 Å². The molecular formula is C16H25IN2O3S. The molecule has 0 spiro atoms. The van der Waals surface area contributed by atoms with Gasteiger partial charge in [0.2, 0.25) is 5.78 Å². The zero-order chi connectivity index (χ0) is 16.6. The van der Waals surface area contributed by atoms with Gasteiger partial charge in [0, 0.05) is 11.3 Å². The molecule has 0 aliphatic heterocycles. The number of ether oxygens (including phenoxy) is 1. The quantitative estimate of drug-likeness (QED) is 0.114. The average molecular weight is 452 g/mol. The van der Waals surface area contributed by atoms with Gasteiger partial charge in [0.15, 0.2) is 5.04 Å².